The predicted octanol–water partition coefficient (Wildman–Crippen LogP) is 5.15. The first-order chi connectivity index (χ1) is 18.3. The largest absolute Gasteiger partial charge is 0.459 e. The summed E-state index contributed by atoms with van der Waals surface area (Å²) in [7, 11) is 0. The van der Waals surface area contributed by atoms with Gasteiger partial charge in [-0.15, -0.1) is 0 Å². The van der Waals surface area contributed by atoms with Gasteiger partial charge < -0.3 is 24.7 Å². The molecule has 9 nitrogen and oxygen atoms in total. The lowest BCUT2D eigenvalue weighted by atomic mass is 10.0. The zero-order valence-electron chi connectivity index (χ0n) is 24.8. The van der Waals surface area contributed by atoms with Crippen LogP contribution in [0.1, 0.15) is 93.1 Å². The molecule has 39 heavy (non-hydrogen) atoms. The van der Waals surface area contributed by atoms with Gasteiger partial charge in [0.15, 0.2) is 11.5 Å². The molecule has 0 saturated heterocycles. The summed E-state index contributed by atoms with van der Waals surface area (Å²) in [6.45, 7) is 14.8. The summed E-state index contributed by atoms with van der Waals surface area (Å²) in [5, 5.41) is 0. The van der Waals surface area contributed by atoms with Crippen LogP contribution in [0, 0.1) is 17.8 Å². The average molecular weight is 550 g/mol. The van der Waals surface area contributed by atoms with Crippen molar-refractivity contribution in [3.8, 4) is 11.5 Å². The maximum absolute atomic E-state index is 12.7. The van der Waals surface area contributed by atoms with Gasteiger partial charge in [0.1, 0.15) is 18.2 Å². The molecule has 0 aliphatic heterocycles. The molecule has 0 heterocycles. The molecule has 1 aromatic carbocycles. The third-order valence-electron chi connectivity index (χ3n) is 6.92. The van der Waals surface area contributed by atoms with Gasteiger partial charge >= 0.3 is 23.9 Å². The number of ether oxygens (including phenoxy) is 4. The highest BCUT2D eigenvalue weighted by molar-refractivity contribution is 5.78. The fourth-order valence-electron chi connectivity index (χ4n) is 3.30. The predicted molar refractivity (Wildman–Crippen MR) is 148 cm³/mol. The van der Waals surface area contributed by atoms with E-state index in [1.54, 1.807) is 32.9 Å². The molecule has 0 spiro atoms. The van der Waals surface area contributed by atoms with Gasteiger partial charge in [-0.1, -0.05) is 60.5 Å². The Bertz CT molecular complexity index is 962. The van der Waals surface area contributed by atoms with E-state index in [9.17, 15) is 19.2 Å². The Hall–Kier alpha value is -2.94. The molecule has 0 aliphatic carbocycles. The lowest BCUT2D eigenvalue weighted by molar-refractivity contribution is -0.168. The van der Waals surface area contributed by atoms with Gasteiger partial charge in [-0.25, -0.2) is 0 Å². The van der Waals surface area contributed by atoms with E-state index in [1.807, 2.05) is 34.6 Å². The molecule has 1 rings (SSSR count). The summed E-state index contributed by atoms with van der Waals surface area (Å²) >= 11 is 0. The van der Waals surface area contributed by atoms with Gasteiger partial charge in [0, 0.05) is 12.8 Å². The van der Waals surface area contributed by atoms with E-state index in [2.05, 4.69) is 0 Å². The number of carbonyl (C=O) groups excluding carboxylic acids is 4. The molecule has 3 unspecified atom stereocenters. The van der Waals surface area contributed by atoms with E-state index < -0.39 is 36.2 Å². The quantitative estimate of drug-likeness (QED) is 0.220. The van der Waals surface area contributed by atoms with E-state index in [0.29, 0.717) is 12.0 Å². The first-order valence-corrected chi connectivity index (χ1v) is 14.0. The lowest BCUT2D eigenvalue weighted by Crippen LogP contribution is -2.40. The van der Waals surface area contributed by atoms with Crippen molar-refractivity contribution in [1.82, 2.24) is 0 Å². The Morgan fingerprint density at radius 3 is 1.69 bits per heavy atom. The fraction of sp³-hybridized carbons (Fsp3) is 0.667. The molecule has 2 N–H and O–H groups in total. The first kappa shape index (κ1) is 34.1. The highest BCUT2D eigenvalue weighted by Crippen LogP contribution is 2.31. The minimum absolute atomic E-state index is 0.0869. The topological polar surface area (TPSA) is 131 Å². The third-order valence-corrected chi connectivity index (χ3v) is 6.92. The fourth-order valence-corrected chi connectivity index (χ4v) is 3.30. The van der Waals surface area contributed by atoms with Crippen LogP contribution in [0.3, 0.4) is 0 Å². The molecule has 0 fully saturated rings. The normalized spacial score (nSPS) is 15.7. The molecular weight excluding hydrogens is 502 g/mol. The van der Waals surface area contributed by atoms with Gasteiger partial charge in [0.2, 0.25) is 0 Å². The van der Waals surface area contributed by atoms with Crippen molar-refractivity contribution in [2.45, 2.75) is 112 Å². The Kier molecular flexibility index (Phi) is 14.8. The third kappa shape index (κ3) is 12.2. The number of carbonyl (C=O) groups is 4. The molecule has 0 bridgehead atoms. The van der Waals surface area contributed by atoms with Crippen molar-refractivity contribution in [1.29, 1.82) is 0 Å². The molecule has 0 aliphatic rings. The molecule has 0 radical (unpaired) electrons. The molecule has 0 amide bonds. The van der Waals surface area contributed by atoms with Crippen molar-refractivity contribution in [3.05, 3.63) is 23.8 Å². The SMILES string of the molecule is CCC(C)CC(=O)Oc1ccc(C[C@H](N)C(=O)O[C@@H](C)[C@H](C)OC(=O)C(C)CC)cc1OC(=O)CC(C)CC. The van der Waals surface area contributed by atoms with Gasteiger partial charge in [-0.05, 0) is 56.2 Å². The summed E-state index contributed by atoms with van der Waals surface area (Å²) in [4.78, 5) is 49.6. The number of esters is 4. The smallest absolute Gasteiger partial charge is 0.323 e. The second kappa shape index (κ2) is 16.9. The van der Waals surface area contributed by atoms with E-state index >= 15 is 0 Å². The lowest BCUT2D eigenvalue weighted by Gasteiger charge is -2.23. The molecule has 6 atom stereocenters. The molecule has 0 aromatic heterocycles. The second-order valence-electron chi connectivity index (χ2n) is 10.6. The molecule has 0 saturated carbocycles. The van der Waals surface area contributed by atoms with Crippen molar-refractivity contribution >= 4 is 23.9 Å². The number of rotatable bonds is 16. The van der Waals surface area contributed by atoms with Crippen LogP contribution in [0.5, 0.6) is 11.5 Å². The van der Waals surface area contributed by atoms with Crippen LogP contribution in [0.25, 0.3) is 0 Å². The Morgan fingerprint density at radius 1 is 0.718 bits per heavy atom. The van der Waals surface area contributed by atoms with Gasteiger partial charge in [0.05, 0.1) is 5.92 Å². The zero-order valence-corrected chi connectivity index (χ0v) is 24.8. The second-order valence-corrected chi connectivity index (χ2v) is 10.6. The summed E-state index contributed by atoms with van der Waals surface area (Å²) in [5.41, 5.74) is 6.71. The molecule has 9 heteroatoms. The van der Waals surface area contributed by atoms with Crippen LogP contribution in [-0.2, 0) is 35.1 Å². The zero-order chi connectivity index (χ0) is 29.7. The van der Waals surface area contributed by atoms with Crippen LogP contribution in [0.15, 0.2) is 18.2 Å². The maximum Gasteiger partial charge on any atom is 0.323 e. The molecule has 220 valence electrons. The van der Waals surface area contributed by atoms with Crippen LogP contribution in [0.2, 0.25) is 0 Å². The van der Waals surface area contributed by atoms with E-state index in [1.165, 1.54) is 6.07 Å². The Morgan fingerprint density at radius 2 is 1.21 bits per heavy atom. The van der Waals surface area contributed by atoms with Crippen LogP contribution in [-0.4, -0.2) is 42.1 Å². The highest BCUT2D eigenvalue weighted by Gasteiger charge is 2.26. The van der Waals surface area contributed by atoms with Crippen LogP contribution >= 0.6 is 0 Å². The van der Waals surface area contributed by atoms with E-state index in [-0.39, 0.29) is 54.5 Å². The van der Waals surface area contributed by atoms with Crippen LogP contribution < -0.4 is 15.2 Å². The van der Waals surface area contributed by atoms with Crippen LogP contribution in [0.4, 0.5) is 0 Å². The van der Waals surface area contributed by atoms with Gasteiger partial charge in [-0.2, -0.15) is 0 Å². The first-order valence-electron chi connectivity index (χ1n) is 14.0. The summed E-state index contributed by atoms with van der Waals surface area (Å²) in [5.74, 6) is -1.61. The van der Waals surface area contributed by atoms with E-state index in [4.69, 9.17) is 24.7 Å². The number of hydrogen-bond donors (Lipinski definition) is 1. The molecule has 1 aromatic rings. The monoisotopic (exact) mass is 549 g/mol. The van der Waals surface area contributed by atoms with Crippen molar-refractivity contribution in [2.24, 2.45) is 23.5 Å². The number of benzene rings is 1. The summed E-state index contributed by atoms with van der Waals surface area (Å²) in [6, 6.07) is 3.72. The van der Waals surface area contributed by atoms with Gasteiger partial charge in [0.25, 0.3) is 0 Å². The minimum Gasteiger partial charge on any atom is -0.459 e. The summed E-state index contributed by atoms with van der Waals surface area (Å²) in [6.07, 6.45) is 1.50. The van der Waals surface area contributed by atoms with Crippen molar-refractivity contribution in [2.75, 3.05) is 0 Å². The van der Waals surface area contributed by atoms with Crippen molar-refractivity contribution < 1.29 is 38.1 Å². The van der Waals surface area contributed by atoms with Gasteiger partial charge in [-0.3, -0.25) is 19.2 Å². The standard InChI is InChI=1S/C30H47NO8/c1-9-18(4)14-27(32)38-25-13-12-23(17-26(25)39-28(33)15-19(5)10-2)16-24(31)30(35)37-22(8)21(7)36-29(34)20(6)11-3/h12-13,17-22,24H,9-11,14-16,31H2,1-8H3/t18?,19?,20?,21-,22-,24-/m0/s1. The van der Waals surface area contributed by atoms with Crippen molar-refractivity contribution in [3.63, 3.8) is 0 Å². The minimum atomic E-state index is -1.02. The van der Waals surface area contributed by atoms with E-state index in [0.717, 1.165) is 12.8 Å². The Labute approximate surface area is 233 Å². The Balaban J connectivity index is 2.96. The maximum atomic E-state index is 12.7. The highest BCUT2D eigenvalue weighted by atomic mass is 16.6. The summed E-state index contributed by atoms with van der Waals surface area (Å²) < 4.78 is 21.9. The molecular formula is C30H47NO8. The average Bonchev–Trinajstić information content (AvgIpc) is 2.88. The number of hydrogen-bond acceptors (Lipinski definition) is 9. The number of nitrogens with two attached hydrogens (primary N) is 1.